The van der Waals surface area contributed by atoms with Crippen molar-refractivity contribution in [1.29, 1.82) is 0 Å². The minimum atomic E-state index is -0.264. The summed E-state index contributed by atoms with van der Waals surface area (Å²) in [4.78, 5) is 13.7. The van der Waals surface area contributed by atoms with E-state index in [1.54, 1.807) is 4.90 Å². The van der Waals surface area contributed by atoms with E-state index in [4.69, 9.17) is 4.74 Å². The lowest BCUT2D eigenvalue weighted by Gasteiger charge is -2.43. The van der Waals surface area contributed by atoms with E-state index in [9.17, 15) is 9.90 Å². The molecular formula is C15H19NO3. The van der Waals surface area contributed by atoms with E-state index < -0.39 is 0 Å². The SMILES string of the molecule is O=C(OCc1ccccc1)N1CC[C@]2(CC[C@@H]2O)C1. The number of likely N-dealkylation sites (tertiary alicyclic amines) is 1. The minimum absolute atomic E-state index is 0.0359. The van der Waals surface area contributed by atoms with Crippen LogP contribution < -0.4 is 0 Å². The van der Waals surface area contributed by atoms with Gasteiger partial charge in [-0.3, -0.25) is 0 Å². The van der Waals surface area contributed by atoms with Crippen molar-refractivity contribution >= 4 is 6.09 Å². The standard InChI is InChI=1S/C15H19NO3/c17-13-6-7-15(13)8-9-16(11-15)14(18)19-10-12-4-2-1-3-5-12/h1-5,13,17H,6-11H2/t13-,15+/m0/s1. The van der Waals surface area contributed by atoms with Crippen molar-refractivity contribution < 1.29 is 14.6 Å². The Kier molecular flexibility index (Phi) is 3.19. The van der Waals surface area contributed by atoms with E-state index in [0.717, 1.165) is 24.8 Å². The molecule has 1 heterocycles. The number of hydrogen-bond donors (Lipinski definition) is 1. The molecule has 1 N–H and O–H groups in total. The molecule has 4 nitrogen and oxygen atoms in total. The second-order valence-electron chi connectivity index (χ2n) is 5.63. The predicted octanol–water partition coefficient (Wildman–Crippen LogP) is 2.17. The van der Waals surface area contributed by atoms with Gasteiger partial charge in [-0.1, -0.05) is 30.3 Å². The smallest absolute Gasteiger partial charge is 0.410 e. The summed E-state index contributed by atoms with van der Waals surface area (Å²) in [6.07, 6.45) is 2.29. The maximum absolute atomic E-state index is 12.0. The van der Waals surface area contributed by atoms with Crippen LogP contribution >= 0.6 is 0 Å². The van der Waals surface area contributed by atoms with Gasteiger partial charge < -0.3 is 14.7 Å². The van der Waals surface area contributed by atoms with Gasteiger partial charge in [0.05, 0.1) is 6.10 Å². The number of ether oxygens (including phenoxy) is 1. The van der Waals surface area contributed by atoms with Crippen LogP contribution in [0.3, 0.4) is 0 Å². The van der Waals surface area contributed by atoms with Crippen molar-refractivity contribution in [1.82, 2.24) is 4.90 Å². The number of amides is 1. The van der Waals surface area contributed by atoms with Crippen LogP contribution in [0.15, 0.2) is 30.3 Å². The Labute approximate surface area is 113 Å². The van der Waals surface area contributed by atoms with Gasteiger partial charge in [0.15, 0.2) is 0 Å². The third-order valence-electron chi connectivity index (χ3n) is 4.47. The maximum Gasteiger partial charge on any atom is 0.410 e. The third-order valence-corrected chi connectivity index (χ3v) is 4.47. The van der Waals surface area contributed by atoms with Crippen LogP contribution in [-0.2, 0) is 11.3 Å². The molecule has 2 fully saturated rings. The molecule has 102 valence electrons. The molecule has 0 radical (unpaired) electrons. The number of aliphatic hydroxyl groups is 1. The van der Waals surface area contributed by atoms with Gasteiger partial charge >= 0.3 is 6.09 Å². The fraction of sp³-hybridized carbons (Fsp3) is 0.533. The van der Waals surface area contributed by atoms with Crippen LogP contribution in [-0.4, -0.2) is 35.3 Å². The summed E-state index contributed by atoms with van der Waals surface area (Å²) >= 11 is 0. The molecule has 1 saturated carbocycles. The molecule has 1 amide bonds. The molecule has 19 heavy (non-hydrogen) atoms. The number of carbonyl (C=O) groups excluding carboxylic acids is 1. The molecule has 2 atom stereocenters. The number of rotatable bonds is 2. The highest BCUT2D eigenvalue weighted by Crippen LogP contribution is 2.48. The first-order chi connectivity index (χ1) is 9.20. The van der Waals surface area contributed by atoms with Gasteiger partial charge in [0.2, 0.25) is 0 Å². The average Bonchev–Trinajstić information content (AvgIpc) is 2.92. The summed E-state index contributed by atoms with van der Waals surface area (Å²) < 4.78 is 5.31. The molecule has 0 unspecified atom stereocenters. The van der Waals surface area contributed by atoms with Crippen LogP contribution in [0.5, 0.6) is 0 Å². The highest BCUT2D eigenvalue weighted by molar-refractivity contribution is 5.68. The zero-order valence-corrected chi connectivity index (χ0v) is 10.9. The molecule has 1 aromatic carbocycles. The van der Waals surface area contributed by atoms with Gasteiger partial charge in [-0.05, 0) is 24.8 Å². The number of nitrogens with zero attached hydrogens (tertiary/aromatic N) is 1. The largest absolute Gasteiger partial charge is 0.445 e. The summed E-state index contributed by atoms with van der Waals surface area (Å²) in [6, 6.07) is 9.67. The molecule has 1 saturated heterocycles. The van der Waals surface area contributed by atoms with E-state index in [0.29, 0.717) is 19.7 Å². The first-order valence-electron chi connectivity index (χ1n) is 6.83. The van der Waals surface area contributed by atoms with Gasteiger partial charge in [-0.2, -0.15) is 0 Å². The van der Waals surface area contributed by atoms with E-state index in [1.807, 2.05) is 30.3 Å². The molecule has 1 spiro atoms. The van der Waals surface area contributed by atoms with Gasteiger partial charge in [0, 0.05) is 18.5 Å². The van der Waals surface area contributed by atoms with Crippen molar-refractivity contribution in [2.45, 2.75) is 32.0 Å². The van der Waals surface area contributed by atoms with E-state index >= 15 is 0 Å². The number of hydrogen-bond acceptors (Lipinski definition) is 3. The number of carbonyl (C=O) groups is 1. The Balaban J connectivity index is 1.52. The van der Waals surface area contributed by atoms with Gasteiger partial charge in [0.25, 0.3) is 0 Å². The highest BCUT2D eigenvalue weighted by atomic mass is 16.6. The van der Waals surface area contributed by atoms with E-state index in [2.05, 4.69) is 0 Å². The van der Waals surface area contributed by atoms with E-state index in [1.165, 1.54) is 0 Å². The molecule has 0 aromatic heterocycles. The zero-order valence-electron chi connectivity index (χ0n) is 10.9. The molecule has 2 aliphatic rings. The van der Waals surface area contributed by atoms with Crippen LogP contribution in [0.4, 0.5) is 4.79 Å². The monoisotopic (exact) mass is 261 g/mol. The Morgan fingerprint density at radius 1 is 1.37 bits per heavy atom. The fourth-order valence-corrected chi connectivity index (χ4v) is 3.02. The summed E-state index contributed by atoms with van der Waals surface area (Å²) in [5.74, 6) is 0. The molecule has 1 aromatic rings. The van der Waals surface area contributed by atoms with Crippen LogP contribution in [0.25, 0.3) is 0 Å². The van der Waals surface area contributed by atoms with Gasteiger partial charge in [-0.15, -0.1) is 0 Å². The van der Waals surface area contributed by atoms with Crippen LogP contribution in [0, 0.1) is 5.41 Å². The first-order valence-corrected chi connectivity index (χ1v) is 6.83. The summed E-state index contributed by atoms with van der Waals surface area (Å²) in [7, 11) is 0. The Bertz CT molecular complexity index is 462. The van der Waals surface area contributed by atoms with Crippen LogP contribution in [0.2, 0.25) is 0 Å². The fourth-order valence-electron chi connectivity index (χ4n) is 3.02. The molecule has 1 aliphatic heterocycles. The average molecular weight is 261 g/mol. The molecular weight excluding hydrogens is 242 g/mol. The Morgan fingerprint density at radius 2 is 2.16 bits per heavy atom. The molecule has 3 rings (SSSR count). The second-order valence-corrected chi connectivity index (χ2v) is 5.63. The molecule has 1 aliphatic carbocycles. The molecule has 0 bridgehead atoms. The van der Waals surface area contributed by atoms with Gasteiger partial charge in [0.1, 0.15) is 6.61 Å². The van der Waals surface area contributed by atoms with Crippen molar-refractivity contribution in [3.05, 3.63) is 35.9 Å². The van der Waals surface area contributed by atoms with Crippen molar-refractivity contribution in [2.24, 2.45) is 5.41 Å². The van der Waals surface area contributed by atoms with Crippen molar-refractivity contribution in [2.75, 3.05) is 13.1 Å². The lowest BCUT2D eigenvalue weighted by molar-refractivity contribution is -0.0560. The molecule has 4 heteroatoms. The number of aliphatic hydroxyl groups excluding tert-OH is 1. The maximum atomic E-state index is 12.0. The topological polar surface area (TPSA) is 49.8 Å². The van der Waals surface area contributed by atoms with Crippen molar-refractivity contribution in [3.8, 4) is 0 Å². The predicted molar refractivity (Wildman–Crippen MR) is 70.5 cm³/mol. The Hall–Kier alpha value is -1.55. The van der Waals surface area contributed by atoms with Crippen LogP contribution in [0.1, 0.15) is 24.8 Å². The third kappa shape index (κ3) is 2.32. The summed E-state index contributed by atoms with van der Waals surface area (Å²) in [5.41, 5.74) is 0.958. The van der Waals surface area contributed by atoms with Gasteiger partial charge in [-0.25, -0.2) is 4.79 Å². The zero-order chi connectivity index (χ0) is 13.3. The summed E-state index contributed by atoms with van der Waals surface area (Å²) in [6.45, 7) is 1.65. The lowest BCUT2D eigenvalue weighted by atomic mass is 9.66. The van der Waals surface area contributed by atoms with E-state index in [-0.39, 0.29) is 17.6 Å². The summed E-state index contributed by atoms with van der Waals surface area (Å²) in [5, 5.41) is 9.83. The first kappa shape index (κ1) is 12.5. The minimum Gasteiger partial charge on any atom is -0.445 e. The number of benzene rings is 1. The Morgan fingerprint density at radius 3 is 2.74 bits per heavy atom. The lowest BCUT2D eigenvalue weighted by Crippen LogP contribution is -2.47. The normalized spacial score (nSPS) is 29.3. The quantitative estimate of drug-likeness (QED) is 0.887. The van der Waals surface area contributed by atoms with Crippen molar-refractivity contribution in [3.63, 3.8) is 0 Å². The second kappa shape index (κ2) is 4.85. The highest BCUT2D eigenvalue weighted by Gasteiger charge is 2.51.